The fourth-order valence-corrected chi connectivity index (χ4v) is 5.64. The van der Waals surface area contributed by atoms with Crippen LogP contribution < -0.4 is 5.32 Å². The lowest BCUT2D eigenvalue weighted by Gasteiger charge is -2.17. The van der Waals surface area contributed by atoms with Gasteiger partial charge >= 0.3 is 5.84 Å². The van der Waals surface area contributed by atoms with Gasteiger partial charge in [0.15, 0.2) is 0 Å². The van der Waals surface area contributed by atoms with Gasteiger partial charge in [0.05, 0.1) is 10.7 Å². The second-order valence-corrected chi connectivity index (χ2v) is 9.96. The zero-order valence-corrected chi connectivity index (χ0v) is 19.8. The monoisotopic (exact) mass is 503 g/mol. The third-order valence-electron chi connectivity index (χ3n) is 5.63. The number of hydrogen-bond acceptors (Lipinski definition) is 8. The number of oxazole rings is 1. The molecule has 178 valence electrons. The number of likely N-dealkylation sites (N-methyl/N-ethyl adjacent to an activating group) is 1. The second kappa shape index (κ2) is 8.87. The molecule has 4 heterocycles. The van der Waals surface area contributed by atoms with Crippen molar-refractivity contribution >= 4 is 33.6 Å². The number of benzene rings is 1. The fourth-order valence-electron chi connectivity index (χ4n) is 3.93. The Morgan fingerprint density at radius 1 is 1.21 bits per heavy atom. The van der Waals surface area contributed by atoms with E-state index in [1.165, 1.54) is 20.9 Å². The molecule has 0 radical (unpaired) electrons. The maximum Gasteiger partial charge on any atom is 0.306 e. The van der Waals surface area contributed by atoms with Gasteiger partial charge < -0.3 is 14.8 Å². The van der Waals surface area contributed by atoms with Gasteiger partial charge in [-0.15, -0.1) is 0 Å². The van der Waals surface area contributed by atoms with Crippen molar-refractivity contribution in [2.45, 2.75) is 6.92 Å². The lowest BCUT2D eigenvalue weighted by atomic mass is 10.1. The fraction of sp³-hybridized carbons (Fsp3) is 0.286. The van der Waals surface area contributed by atoms with E-state index in [1.54, 1.807) is 35.0 Å². The Hall–Kier alpha value is -3.19. The van der Waals surface area contributed by atoms with E-state index in [0.717, 1.165) is 0 Å². The predicted octanol–water partition coefficient (Wildman–Crippen LogP) is 2.70. The molecule has 4 aromatic rings. The summed E-state index contributed by atoms with van der Waals surface area (Å²) in [5, 5.41) is 13.4. The van der Waals surface area contributed by atoms with Crippen molar-refractivity contribution in [2.75, 3.05) is 38.0 Å². The van der Waals surface area contributed by atoms with E-state index in [9.17, 15) is 13.5 Å². The van der Waals surface area contributed by atoms with E-state index in [4.69, 9.17) is 16.0 Å². The van der Waals surface area contributed by atoms with Crippen LogP contribution in [0.5, 0.6) is 5.75 Å². The molecule has 1 aliphatic rings. The minimum atomic E-state index is -3.40. The Morgan fingerprint density at radius 3 is 2.79 bits per heavy atom. The predicted molar refractivity (Wildman–Crippen MR) is 127 cm³/mol. The molecular weight excluding hydrogens is 482 g/mol. The highest BCUT2D eigenvalue weighted by Gasteiger charge is 2.34. The van der Waals surface area contributed by atoms with E-state index < -0.39 is 10.2 Å². The molecule has 0 amide bonds. The molecule has 2 N–H and O–H groups in total. The molecule has 1 saturated heterocycles. The Bertz CT molecular complexity index is 1450. The van der Waals surface area contributed by atoms with Crippen LogP contribution in [0.2, 0.25) is 5.02 Å². The van der Waals surface area contributed by atoms with Gasteiger partial charge in [-0.1, -0.05) is 24.6 Å². The van der Waals surface area contributed by atoms with Crippen molar-refractivity contribution in [3.63, 3.8) is 0 Å². The minimum absolute atomic E-state index is 0.0571. The number of fused-ring (bicyclic) bond motifs is 1. The van der Waals surface area contributed by atoms with Crippen LogP contribution >= 0.6 is 11.6 Å². The maximum absolute atomic E-state index is 12.4. The highest BCUT2D eigenvalue weighted by molar-refractivity contribution is 7.87. The van der Waals surface area contributed by atoms with Crippen LogP contribution in [0, 0.1) is 0 Å². The Balaban J connectivity index is 1.41. The van der Waals surface area contributed by atoms with E-state index in [2.05, 4.69) is 20.3 Å². The van der Waals surface area contributed by atoms with Crippen LogP contribution in [0.4, 0.5) is 5.95 Å². The molecule has 0 saturated carbocycles. The summed E-state index contributed by atoms with van der Waals surface area (Å²) >= 11 is 5.97. The summed E-state index contributed by atoms with van der Waals surface area (Å²) in [7, 11) is -3.40. The summed E-state index contributed by atoms with van der Waals surface area (Å²) < 4.78 is 35.0. The van der Waals surface area contributed by atoms with Crippen molar-refractivity contribution in [2.24, 2.45) is 0 Å². The number of halogens is 1. The zero-order chi connectivity index (χ0) is 23.9. The molecule has 3 aromatic heterocycles. The van der Waals surface area contributed by atoms with Gasteiger partial charge in [0.2, 0.25) is 5.95 Å². The first-order valence-corrected chi connectivity index (χ1v) is 12.4. The van der Waals surface area contributed by atoms with Crippen LogP contribution in [0.25, 0.3) is 28.5 Å². The molecule has 1 aromatic carbocycles. The summed E-state index contributed by atoms with van der Waals surface area (Å²) in [5.74, 6) is 0.662. The number of aromatic nitrogens is 4. The molecule has 11 nitrogen and oxygen atoms in total. The average Bonchev–Trinajstić information content (AvgIpc) is 3.48. The van der Waals surface area contributed by atoms with Crippen molar-refractivity contribution in [1.82, 2.24) is 28.0 Å². The Kier molecular flexibility index (Phi) is 5.90. The number of phenolic OH excluding ortho intramolecular Hbond substituents is 1. The molecule has 5 rings (SSSR count). The topological polar surface area (TPSA) is 129 Å². The molecular formula is C21H22ClN7O4S. The van der Waals surface area contributed by atoms with Gasteiger partial charge in [0.1, 0.15) is 23.4 Å². The SMILES string of the molecule is CCN1CCN(CCNc2nccc(-c3c(-c4ccc(Cl)c(O)c4)nc4occn34)n2)S1(=O)=O. The molecule has 13 heteroatoms. The minimum Gasteiger partial charge on any atom is -0.506 e. The number of hydrogen-bond donors (Lipinski definition) is 2. The second-order valence-electron chi connectivity index (χ2n) is 7.62. The van der Waals surface area contributed by atoms with Crippen LogP contribution in [0.15, 0.2) is 47.3 Å². The molecule has 0 bridgehead atoms. The molecule has 1 fully saturated rings. The lowest BCUT2D eigenvalue weighted by molar-refractivity contribution is 0.454. The quantitative estimate of drug-likeness (QED) is 0.394. The number of nitrogens with one attached hydrogen (secondary N) is 1. The summed E-state index contributed by atoms with van der Waals surface area (Å²) in [6, 6.07) is 6.62. The highest BCUT2D eigenvalue weighted by atomic mass is 35.5. The van der Waals surface area contributed by atoms with E-state index in [1.807, 2.05) is 6.92 Å². The largest absolute Gasteiger partial charge is 0.506 e. The average molecular weight is 504 g/mol. The molecule has 0 aliphatic carbocycles. The standard InChI is InChI=1S/C21H22ClN7O4S/c1-2-27-9-10-28(34(27,31)32)8-7-24-20-23-6-5-16(25-20)19-18(26-21-29(19)11-12-33-21)14-3-4-15(22)17(30)13-14/h3-6,11-13,30H,2,7-10H2,1H3,(H,23,24,25). The molecule has 1 aliphatic heterocycles. The van der Waals surface area contributed by atoms with Crippen molar-refractivity contribution in [3.8, 4) is 28.4 Å². The van der Waals surface area contributed by atoms with Gasteiger partial charge in [-0.05, 0) is 18.2 Å². The number of aromatic hydroxyl groups is 1. The maximum atomic E-state index is 12.4. The molecule has 34 heavy (non-hydrogen) atoms. The first-order valence-electron chi connectivity index (χ1n) is 10.7. The van der Waals surface area contributed by atoms with Crippen molar-refractivity contribution in [3.05, 3.63) is 47.9 Å². The number of phenols is 1. The highest BCUT2D eigenvalue weighted by Crippen LogP contribution is 2.35. The van der Waals surface area contributed by atoms with E-state index in [-0.39, 0.29) is 10.8 Å². The number of rotatable bonds is 7. The Morgan fingerprint density at radius 2 is 2.03 bits per heavy atom. The summed E-state index contributed by atoms with van der Waals surface area (Å²) in [6.07, 6.45) is 4.86. The lowest BCUT2D eigenvalue weighted by Crippen LogP contribution is -2.35. The van der Waals surface area contributed by atoms with Crippen LogP contribution in [0.3, 0.4) is 0 Å². The summed E-state index contributed by atoms with van der Waals surface area (Å²) in [4.78, 5) is 13.4. The van der Waals surface area contributed by atoms with Crippen molar-refractivity contribution < 1.29 is 17.9 Å². The normalized spacial score (nSPS) is 16.4. The molecule has 0 atom stereocenters. The zero-order valence-electron chi connectivity index (χ0n) is 18.2. The molecule has 0 spiro atoms. The van der Waals surface area contributed by atoms with Crippen molar-refractivity contribution in [1.29, 1.82) is 0 Å². The van der Waals surface area contributed by atoms with Crippen LogP contribution in [-0.4, -0.2) is 74.2 Å². The smallest absolute Gasteiger partial charge is 0.306 e. The number of nitrogens with zero attached hydrogens (tertiary/aromatic N) is 6. The van der Waals surface area contributed by atoms with E-state index >= 15 is 0 Å². The number of anilines is 1. The van der Waals surface area contributed by atoms with Gasteiger partial charge in [-0.2, -0.15) is 22.0 Å². The summed E-state index contributed by atoms with van der Waals surface area (Å²) in [5.41, 5.74) is 2.42. The summed E-state index contributed by atoms with van der Waals surface area (Å²) in [6.45, 7) is 3.90. The molecule has 0 unspecified atom stereocenters. The van der Waals surface area contributed by atoms with Gasteiger partial charge in [-0.25, -0.2) is 9.97 Å². The van der Waals surface area contributed by atoms with E-state index in [0.29, 0.717) is 67.2 Å². The van der Waals surface area contributed by atoms with Gasteiger partial charge in [0, 0.05) is 50.7 Å². The van der Waals surface area contributed by atoms with Gasteiger partial charge in [-0.3, -0.25) is 4.40 Å². The van der Waals surface area contributed by atoms with Gasteiger partial charge in [0.25, 0.3) is 10.2 Å². The number of imidazole rings is 1. The third kappa shape index (κ3) is 3.98. The Labute approximate surface area is 200 Å². The van der Waals surface area contributed by atoms with Crippen LogP contribution in [0.1, 0.15) is 6.92 Å². The first kappa shape index (κ1) is 22.6. The first-order chi connectivity index (χ1) is 16.4. The third-order valence-corrected chi connectivity index (χ3v) is 8.06. The van der Waals surface area contributed by atoms with Crippen LogP contribution in [-0.2, 0) is 10.2 Å².